The number of nitrogens with zero attached hydrogens (tertiary/aromatic N) is 2. The van der Waals surface area contributed by atoms with Gasteiger partial charge in [0, 0.05) is 19.2 Å². The van der Waals surface area contributed by atoms with Crippen molar-refractivity contribution in [1.29, 1.82) is 0 Å². The fraction of sp³-hybridized carbons (Fsp3) is 0.421. The molecule has 0 radical (unpaired) electrons. The molecule has 0 aliphatic heterocycles. The van der Waals surface area contributed by atoms with Crippen molar-refractivity contribution in [3.05, 3.63) is 55.0 Å². The molecule has 31 heavy (non-hydrogen) atoms. The van der Waals surface area contributed by atoms with Crippen LogP contribution in [0.4, 0.5) is 17.6 Å². The number of hydrogen-bond acceptors (Lipinski definition) is 5. The van der Waals surface area contributed by atoms with Crippen LogP contribution in [0.2, 0.25) is 0 Å². The summed E-state index contributed by atoms with van der Waals surface area (Å²) in [7, 11) is 0.819. The van der Waals surface area contributed by atoms with E-state index in [4.69, 9.17) is 9.47 Å². The second kappa shape index (κ2) is 8.13. The van der Waals surface area contributed by atoms with Gasteiger partial charge in [-0.3, -0.25) is 9.36 Å². The number of aromatic nitrogens is 2. The van der Waals surface area contributed by atoms with E-state index < -0.39 is 46.2 Å². The van der Waals surface area contributed by atoms with E-state index in [-0.39, 0.29) is 32.0 Å². The van der Waals surface area contributed by atoms with Crippen LogP contribution in [-0.2, 0) is 22.8 Å². The zero-order valence-electron chi connectivity index (χ0n) is 16.4. The molecule has 1 aromatic heterocycles. The summed E-state index contributed by atoms with van der Waals surface area (Å²) >= 11 is 3.10. The highest BCUT2D eigenvalue weighted by molar-refractivity contribution is 9.10. The minimum Gasteiger partial charge on any atom is -0.474 e. The Kier molecular flexibility index (Phi) is 6.05. The zero-order valence-corrected chi connectivity index (χ0v) is 18.0. The third-order valence-electron chi connectivity index (χ3n) is 4.97. The van der Waals surface area contributed by atoms with Crippen LogP contribution < -0.4 is 16.0 Å². The van der Waals surface area contributed by atoms with E-state index in [2.05, 4.69) is 15.9 Å². The highest BCUT2D eigenvalue weighted by atomic mass is 79.9. The SMILES string of the molecule is CCOC(=O)C1(Oc2cc(-n3c(=O)cc(C(F)(F)F)n(C)c3=O)c(F)cc2Br)CCC1. The van der Waals surface area contributed by atoms with Gasteiger partial charge in [0.1, 0.15) is 17.3 Å². The number of esters is 1. The van der Waals surface area contributed by atoms with Gasteiger partial charge < -0.3 is 9.47 Å². The number of hydrogen-bond donors (Lipinski definition) is 0. The maximum Gasteiger partial charge on any atom is 0.431 e. The largest absolute Gasteiger partial charge is 0.474 e. The van der Waals surface area contributed by atoms with Crippen LogP contribution in [0.5, 0.6) is 5.75 Å². The molecule has 1 fully saturated rings. The Bertz CT molecular complexity index is 1150. The Labute approximate surface area is 181 Å². The van der Waals surface area contributed by atoms with Crippen LogP contribution in [0.15, 0.2) is 32.3 Å². The van der Waals surface area contributed by atoms with Crippen molar-refractivity contribution in [1.82, 2.24) is 9.13 Å². The Balaban J connectivity index is 2.13. The maximum atomic E-state index is 14.6. The first-order chi connectivity index (χ1) is 14.4. The van der Waals surface area contributed by atoms with E-state index in [0.717, 1.165) is 19.2 Å². The van der Waals surface area contributed by atoms with Crippen LogP contribution in [0.1, 0.15) is 31.9 Å². The Hall–Kier alpha value is -2.63. The average molecular weight is 509 g/mol. The average Bonchev–Trinajstić information content (AvgIpc) is 2.63. The highest BCUT2D eigenvalue weighted by Gasteiger charge is 2.48. The van der Waals surface area contributed by atoms with E-state index in [1.54, 1.807) is 6.92 Å². The molecular weight excluding hydrogens is 492 g/mol. The van der Waals surface area contributed by atoms with Gasteiger partial charge in [-0.1, -0.05) is 0 Å². The molecule has 0 unspecified atom stereocenters. The van der Waals surface area contributed by atoms with Crippen molar-refractivity contribution in [2.45, 2.75) is 38.0 Å². The predicted molar refractivity (Wildman–Crippen MR) is 104 cm³/mol. The summed E-state index contributed by atoms with van der Waals surface area (Å²) in [5, 5.41) is 0. The smallest absolute Gasteiger partial charge is 0.431 e. The summed E-state index contributed by atoms with van der Waals surface area (Å²) < 4.78 is 65.2. The molecule has 168 valence electrons. The van der Waals surface area contributed by atoms with Gasteiger partial charge in [0.2, 0.25) is 5.60 Å². The molecule has 0 saturated heterocycles. The van der Waals surface area contributed by atoms with E-state index >= 15 is 0 Å². The van der Waals surface area contributed by atoms with Gasteiger partial charge in [0.05, 0.1) is 16.8 Å². The molecule has 1 saturated carbocycles. The molecule has 7 nitrogen and oxygen atoms in total. The van der Waals surface area contributed by atoms with Gasteiger partial charge in [0.15, 0.2) is 0 Å². The van der Waals surface area contributed by atoms with Gasteiger partial charge in [0.25, 0.3) is 5.56 Å². The van der Waals surface area contributed by atoms with Crippen LogP contribution >= 0.6 is 15.9 Å². The topological polar surface area (TPSA) is 79.5 Å². The first-order valence-corrected chi connectivity index (χ1v) is 9.96. The standard InChI is InChI=1S/C19H17BrF4N2O5/c1-3-30-16(28)18(5-4-6-18)31-13-8-12(11(21)7-10(13)20)26-15(27)9-14(19(22,23)24)25(2)17(26)29/h7-9H,3-6H2,1-2H3. The molecule has 0 atom stereocenters. The lowest BCUT2D eigenvalue weighted by Crippen LogP contribution is -2.51. The van der Waals surface area contributed by atoms with Crippen molar-refractivity contribution in [2.75, 3.05) is 6.61 Å². The second-order valence-electron chi connectivity index (χ2n) is 6.95. The summed E-state index contributed by atoms with van der Waals surface area (Å²) in [6.45, 7) is 1.75. The van der Waals surface area contributed by atoms with Crippen LogP contribution in [-0.4, -0.2) is 27.3 Å². The number of carbonyl (C=O) groups excluding carboxylic acids is 1. The van der Waals surface area contributed by atoms with E-state index in [1.165, 1.54) is 0 Å². The van der Waals surface area contributed by atoms with Gasteiger partial charge in [-0.2, -0.15) is 13.2 Å². The normalized spacial score (nSPS) is 15.3. The third-order valence-corrected chi connectivity index (χ3v) is 5.59. The van der Waals surface area contributed by atoms with Crippen LogP contribution in [0.3, 0.4) is 0 Å². The van der Waals surface area contributed by atoms with Crippen molar-refractivity contribution >= 4 is 21.9 Å². The molecule has 0 bridgehead atoms. The molecule has 0 N–H and O–H groups in total. The van der Waals surface area contributed by atoms with E-state index in [0.29, 0.717) is 19.3 Å². The fourth-order valence-electron chi connectivity index (χ4n) is 3.21. The summed E-state index contributed by atoms with van der Waals surface area (Å²) in [5.41, 5.74) is -6.15. The Morgan fingerprint density at radius 3 is 2.39 bits per heavy atom. The first kappa shape index (κ1) is 23.0. The van der Waals surface area contributed by atoms with Gasteiger partial charge in [-0.15, -0.1) is 0 Å². The monoisotopic (exact) mass is 508 g/mol. The number of alkyl halides is 3. The molecule has 2 aromatic rings. The second-order valence-corrected chi connectivity index (χ2v) is 7.80. The van der Waals surface area contributed by atoms with E-state index in [1.807, 2.05) is 0 Å². The van der Waals surface area contributed by atoms with Gasteiger partial charge >= 0.3 is 17.8 Å². The maximum absolute atomic E-state index is 14.6. The fourth-order valence-corrected chi connectivity index (χ4v) is 3.60. The quantitative estimate of drug-likeness (QED) is 0.457. The molecule has 1 aliphatic carbocycles. The molecule has 1 aliphatic rings. The molecule has 3 rings (SSSR count). The molecular formula is C19H17BrF4N2O5. The lowest BCUT2D eigenvalue weighted by molar-refractivity contribution is -0.169. The third kappa shape index (κ3) is 4.12. The van der Waals surface area contributed by atoms with Crippen LogP contribution in [0.25, 0.3) is 5.69 Å². The lowest BCUT2D eigenvalue weighted by Gasteiger charge is -2.39. The molecule has 12 heteroatoms. The molecule has 1 aromatic carbocycles. The van der Waals surface area contributed by atoms with Gasteiger partial charge in [-0.05, 0) is 48.2 Å². The van der Waals surface area contributed by atoms with Crippen molar-refractivity contribution in [3.8, 4) is 11.4 Å². The van der Waals surface area contributed by atoms with Crippen molar-refractivity contribution in [3.63, 3.8) is 0 Å². The summed E-state index contributed by atoms with van der Waals surface area (Å²) in [5.74, 6) is -1.74. The lowest BCUT2D eigenvalue weighted by atomic mass is 9.80. The predicted octanol–water partition coefficient (Wildman–Crippen LogP) is 3.32. The molecule has 1 heterocycles. The van der Waals surface area contributed by atoms with E-state index in [9.17, 15) is 31.9 Å². The summed E-state index contributed by atoms with van der Waals surface area (Å²) in [6, 6.07) is 2.08. The minimum atomic E-state index is -4.95. The number of rotatable bonds is 5. The summed E-state index contributed by atoms with van der Waals surface area (Å²) in [6.07, 6.45) is -3.59. The summed E-state index contributed by atoms with van der Waals surface area (Å²) in [4.78, 5) is 37.1. The minimum absolute atomic E-state index is 0.0713. The number of ether oxygens (including phenoxy) is 2. The molecule has 0 spiro atoms. The van der Waals surface area contributed by atoms with Crippen LogP contribution in [0, 0.1) is 5.82 Å². The Morgan fingerprint density at radius 1 is 1.23 bits per heavy atom. The number of halogens is 5. The number of carbonyl (C=O) groups is 1. The molecule has 0 amide bonds. The van der Waals surface area contributed by atoms with Gasteiger partial charge in [-0.25, -0.2) is 18.5 Å². The number of benzene rings is 1. The first-order valence-electron chi connectivity index (χ1n) is 9.17. The highest BCUT2D eigenvalue weighted by Crippen LogP contribution is 2.41. The van der Waals surface area contributed by atoms with Crippen molar-refractivity contribution < 1.29 is 31.8 Å². The van der Waals surface area contributed by atoms with Crippen molar-refractivity contribution in [2.24, 2.45) is 7.05 Å². The zero-order chi connectivity index (χ0) is 23.1. The Morgan fingerprint density at radius 2 is 1.87 bits per heavy atom.